The molecule has 0 atom stereocenters. The van der Waals surface area contributed by atoms with Gasteiger partial charge in [0.05, 0.1) is 19.9 Å². The highest BCUT2D eigenvalue weighted by atomic mass is 79.9. The number of Topliss-reactive ketones (excluding diaryl/α,β-unsaturated/α-hetero) is 1. The molecule has 0 saturated carbocycles. The lowest BCUT2D eigenvalue weighted by Crippen LogP contribution is -2.05. The molecule has 0 bridgehead atoms. The molecule has 26 heavy (non-hydrogen) atoms. The van der Waals surface area contributed by atoms with Gasteiger partial charge in [0.25, 0.3) is 0 Å². The van der Waals surface area contributed by atoms with Crippen LogP contribution in [0.2, 0.25) is 0 Å². The third kappa shape index (κ3) is 3.22. The number of pyridine rings is 1. The maximum absolute atomic E-state index is 12.6. The number of hydrogen-bond donors (Lipinski definition) is 0. The van der Waals surface area contributed by atoms with Gasteiger partial charge in [-0.3, -0.25) is 4.79 Å². The van der Waals surface area contributed by atoms with E-state index in [1.165, 1.54) is 11.3 Å². The van der Waals surface area contributed by atoms with E-state index in [4.69, 9.17) is 4.98 Å². The van der Waals surface area contributed by atoms with Crippen molar-refractivity contribution in [3.8, 4) is 5.82 Å². The number of aromatic nitrogens is 3. The van der Waals surface area contributed by atoms with E-state index in [0.717, 1.165) is 42.3 Å². The first-order valence-electron chi connectivity index (χ1n) is 8.22. The van der Waals surface area contributed by atoms with Crippen molar-refractivity contribution in [3.05, 3.63) is 74.1 Å². The van der Waals surface area contributed by atoms with Crippen molar-refractivity contribution >= 4 is 44.0 Å². The van der Waals surface area contributed by atoms with Gasteiger partial charge in [0, 0.05) is 17.5 Å². The summed E-state index contributed by atoms with van der Waals surface area (Å²) >= 11 is 4.87. The third-order valence-electron chi connectivity index (χ3n) is 4.21. The Morgan fingerprint density at radius 2 is 2.00 bits per heavy atom. The Bertz CT molecular complexity index is 1130. The van der Waals surface area contributed by atoms with Crippen LogP contribution in [0.5, 0.6) is 0 Å². The molecule has 0 aliphatic heterocycles. The van der Waals surface area contributed by atoms with E-state index in [9.17, 15) is 4.79 Å². The van der Waals surface area contributed by atoms with Gasteiger partial charge in [-0.1, -0.05) is 18.2 Å². The first-order valence-corrected chi connectivity index (χ1v) is 9.83. The summed E-state index contributed by atoms with van der Waals surface area (Å²) in [5.74, 6) is 0.869. The summed E-state index contributed by atoms with van der Waals surface area (Å²) in [4.78, 5) is 18.2. The fourth-order valence-electron chi connectivity index (χ4n) is 3.04. The van der Waals surface area contributed by atoms with Gasteiger partial charge >= 0.3 is 0 Å². The number of para-hydroxylation sites is 1. The Balaban J connectivity index is 1.76. The highest BCUT2D eigenvalue weighted by molar-refractivity contribution is 9.11. The van der Waals surface area contributed by atoms with E-state index in [-0.39, 0.29) is 5.78 Å². The number of benzene rings is 1. The van der Waals surface area contributed by atoms with Crippen LogP contribution in [0.15, 0.2) is 52.3 Å². The predicted octanol–water partition coefficient (Wildman–Crippen LogP) is 5.29. The van der Waals surface area contributed by atoms with E-state index in [0.29, 0.717) is 6.42 Å². The summed E-state index contributed by atoms with van der Waals surface area (Å²) in [6.45, 7) is 3.98. The maximum atomic E-state index is 12.6. The fraction of sp³-hybridized carbons (Fsp3) is 0.150. The van der Waals surface area contributed by atoms with E-state index in [1.54, 1.807) is 0 Å². The molecule has 0 N–H and O–H groups in total. The summed E-state index contributed by atoms with van der Waals surface area (Å²) in [6.07, 6.45) is 0.331. The molecule has 130 valence electrons. The van der Waals surface area contributed by atoms with E-state index in [1.807, 2.05) is 67.1 Å². The molecule has 0 aliphatic carbocycles. The van der Waals surface area contributed by atoms with Gasteiger partial charge in [-0.15, -0.1) is 11.3 Å². The number of carbonyl (C=O) groups is 1. The lowest BCUT2D eigenvalue weighted by Gasteiger charge is -2.08. The van der Waals surface area contributed by atoms with Crippen LogP contribution in [0.25, 0.3) is 16.7 Å². The molecule has 0 spiro atoms. The van der Waals surface area contributed by atoms with Crippen LogP contribution in [-0.4, -0.2) is 20.5 Å². The van der Waals surface area contributed by atoms with Gasteiger partial charge in [0.1, 0.15) is 0 Å². The zero-order valence-electron chi connectivity index (χ0n) is 14.4. The summed E-state index contributed by atoms with van der Waals surface area (Å²) in [6, 6.07) is 15.7. The minimum atomic E-state index is 0.103. The van der Waals surface area contributed by atoms with Crippen molar-refractivity contribution in [3.63, 3.8) is 0 Å². The molecular formula is C20H16BrN3OS. The number of hydrogen-bond acceptors (Lipinski definition) is 4. The molecule has 4 rings (SSSR count). The van der Waals surface area contributed by atoms with Crippen LogP contribution in [0, 0.1) is 13.8 Å². The van der Waals surface area contributed by atoms with Crippen molar-refractivity contribution in [2.45, 2.75) is 20.3 Å². The van der Waals surface area contributed by atoms with Gasteiger partial charge in [-0.25, -0.2) is 9.67 Å². The lowest BCUT2D eigenvalue weighted by atomic mass is 10.0. The highest BCUT2D eigenvalue weighted by Crippen LogP contribution is 2.25. The molecule has 0 unspecified atom stereocenters. The standard InChI is InChI=1S/C20H16BrN3OS/c1-12-10-13(2)24(23-12)19-9-6-14-4-3-5-15(20(14)22-19)11-16(25)17-7-8-18(21)26-17/h3-10H,11H2,1-2H3. The van der Waals surface area contributed by atoms with E-state index >= 15 is 0 Å². The van der Waals surface area contributed by atoms with Crippen molar-refractivity contribution in [2.24, 2.45) is 0 Å². The van der Waals surface area contributed by atoms with Crippen molar-refractivity contribution in [1.29, 1.82) is 0 Å². The molecule has 0 amide bonds. The second-order valence-corrected chi connectivity index (χ2v) is 8.66. The van der Waals surface area contributed by atoms with Crippen LogP contribution >= 0.6 is 27.3 Å². The molecule has 3 heterocycles. The van der Waals surface area contributed by atoms with Crippen molar-refractivity contribution < 1.29 is 4.79 Å². The van der Waals surface area contributed by atoms with E-state index in [2.05, 4.69) is 21.0 Å². The molecule has 1 aromatic carbocycles. The predicted molar refractivity (Wildman–Crippen MR) is 108 cm³/mol. The number of thiophene rings is 1. The number of fused-ring (bicyclic) bond motifs is 1. The van der Waals surface area contributed by atoms with Gasteiger partial charge in [0.15, 0.2) is 11.6 Å². The molecule has 3 aromatic heterocycles. The molecule has 4 nitrogen and oxygen atoms in total. The molecule has 0 saturated heterocycles. The molecular weight excluding hydrogens is 410 g/mol. The van der Waals surface area contributed by atoms with Crippen molar-refractivity contribution in [2.75, 3.05) is 0 Å². The average Bonchev–Trinajstić information content (AvgIpc) is 3.20. The monoisotopic (exact) mass is 425 g/mol. The van der Waals surface area contributed by atoms with Crippen LogP contribution in [0.1, 0.15) is 26.6 Å². The minimum absolute atomic E-state index is 0.103. The average molecular weight is 426 g/mol. The Hall–Kier alpha value is -2.31. The summed E-state index contributed by atoms with van der Waals surface area (Å²) in [5.41, 5.74) is 3.77. The summed E-state index contributed by atoms with van der Waals surface area (Å²) < 4.78 is 2.80. The van der Waals surface area contributed by atoms with Crippen LogP contribution in [-0.2, 0) is 6.42 Å². The van der Waals surface area contributed by atoms with Crippen LogP contribution in [0.3, 0.4) is 0 Å². The SMILES string of the molecule is Cc1cc(C)n(-c2ccc3cccc(CC(=O)c4ccc(Br)s4)c3n2)n1. The molecule has 6 heteroatoms. The summed E-state index contributed by atoms with van der Waals surface area (Å²) in [7, 11) is 0. The Kier molecular flexibility index (Phi) is 4.46. The third-order valence-corrected chi connectivity index (χ3v) is 5.88. The first kappa shape index (κ1) is 17.1. The largest absolute Gasteiger partial charge is 0.293 e. The molecule has 0 fully saturated rings. The highest BCUT2D eigenvalue weighted by Gasteiger charge is 2.14. The Morgan fingerprint density at radius 3 is 2.69 bits per heavy atom. The van der Waals surface area contributed by atoms with Gasteiger partial charge in [-0.2, -0.15) is 5.10 Å². The minimum Gasteiger partial charge on any atom is -0.293 e. The second-order valence-electron chi connectivity index (χ2n) is 6.20. The Morgan fingerprint density at radius 1 is 1.15 bits per heavy atom. The lowest BCUT2D eigenvalue weighted by molar-refractivity contribution is 0.0997. The van der Waals surface area contributed by atoms with Gasteiger partial charge in [-0.05, 0) is 65.7 Å². The quantitative estimate of drug-likeness (QED) is 0.417. The number of aryl methyl sites for hydroxylation is 2. The number of rotatable bonds is 4. The van der Waals surface area contributed by atoms with Gasteiger partial charge < -0.3 is 0 Å². The zero-order chi connectivity index (χ0) is 18.3. The smallest absolute Gasteiger partial charge is 0.177 e. The number of halogens is 1. The molecule has 0 aliphatic rings. The topological polar surface area (TPSA) is 47.8 Å². The zero-order valence-corrected chi connectivity index (χ0v) is 16.8. The normalized spacial score (nSPS) is 11.2. The van der Waals surface area contributed by atoms with Gasteiger partial charge in [0.2, 0.25) is 0 Å². The van der Waals surface area contributed by atoms with Crippen molar-refractivity contribution in [1.82, 2.24) is 14.8 Å². The van der Waals surface area contributed by atoms with Crippen LogP contribution in [0.4, 0.5) is 0 Å². The number of nitrogens with zero attached hydrogens (tertiary/aromatic N) is 3. The fourth-order valence-corrected chi connectivity index (χ4v) is 4.37. The first-order chi connectivity index (χ1) is 12.5. The number of carbonyl (C=O) groups excluding carboxylic acids is 1. The Labute approximate surface area is 163 Å². The van der Waals surface area contributed by atoms with Crippen LogP contribution < -0.4 is 0 Å². The van der Waals surface area contributed by atoms with E-state index < -0.39 is 0 Å². The second kappa shape index (κ2) is 6.78. The number of ketones is 1. The molecule has 0 radical (unpaired) electrons. The maximum Gasteiger partial charge on any atom is 0.177 e. The summed E-state index contributed by atoms with van der Waals surface area (Å²) in [5, 5.41) is 5.53. The molecule has 4 aromatic rings.